The minimum Gasteiger partial charge on any atom is -0.480 e. The number of hydrogen-bond acceptors (Lipinski definition) is 5. The molecule has 0 bridgehead atoms. The fraction of sp³-hybridized carbons (Fsp3) is 0.833. The fourth-order valence-corrected chi connectivity index (χ4v) is 2.57. The number of carbonyl (C=O) groups is 2. The molecular formula is C12H20N2O6. The van der Waals surface area contributed by atoms with Crippen LogP contribution in [0.25, 0.3) is 0 Å². The topological polar surface area (TPSA) is 108 Å². The fourth-order valence-electron chi connectivity index (χ4n) is 2.57. The molecule has 2 rings (SSSR count). The summed E-state index contributed by atoms with van der Waals surface area (Å²) in [6, 6.07) is -1.49. The molecule has 8 heteroatoms. The number of rotatable bonds is 4. The number of aliphatic hydroxyl groups is 1. The lowest BCUT2D eigenvalue weighted by atomic mass is 10.0. The Morgan fingerprint density at radius 2 is 2.30 bits per heavy atom. The van der Waals surface area contributed by atoms with E-state index in [1.54, 1.807) is 7.11 Å². The lowest BCUT2D eigenvalue weighted by Gasteiger charge is -2.28. The van der Waals surface area contributed by atoms with Gasteiger partial charge in [0, 0.05) is 33.1 Å². The Morgan fingerprint density at radius 1 is 1.55 bits per heavy atom. The van der Waals surface area contributed by atoms with Gasteiger partial charge >= 0.3 is 12.0 Å². The van der Waals surface area contributed by atoms with Gasteiger partial charge in [0.1, 0.15) is 11.6 Å². The molecule has 0 aliphatic carbocycles. The summed E-state index contributed by atoms with van der Waals surface area (Å²) in [7, 11) is 1.56. The van der Waals surface area contributed by atoms with E-state index in [-0.39, 0.29) is 19.5 Å². The largest absolute Gasteiger partial charge is 0.480 e. The quantitative estimate of drug-likeness (QED) is 0.613. The van der Waals surface area contributed by atoms with E-state index in [0.717, 1.165) is 4.90 Å². The number of aliphatic carboxylic acids is 1. The van der Waals surface area contributed by atoms with Crippen LogP contribution in [-0.4, -0.2) is 78.3 Å². The van der Waals surface area contributed by atoms with Crippen LogP contribution in [0.1, 0.15) is 12.8 Å². The third-order valence-corrected chi connectivity index (χ3v) is 3.89. The highest BCUT2D eigenvalue weighted by Crippen LogP contribution is 2.22. The number of urea groups is 1. The van der Waals surface area contributed by atoms with Crippen LogP contribution in [0.5, 0.6) is 0 Å². The number of likely N-dealkylation sites (tertiary alicyclic amines) is 1. The zero-order valence-corrected chi connectivity index (χ0v) is 11.4. The molecule has 2 heterocycles. The van der Waals surface area contributed by atoms with Gasteiger partial charge in [0.15, 0.2) is 0 Å². The molecule has 3 N–H and O–H groups in total. The second kappa shape index (κ2) is 5.94. The summed E-state index contributed by atoms with van der Waals surface area (Å²) in [5.74, 6) is -1.11. The maximum atomic E-state index is 12.1. The van der Waals surface area contributed by atoms with Crippen LogP contribution in [0.15, 0.2) is 0 Å². The first-order valence-corrected chi connectivity index (χ1v) is 6.56. The summed E-state index contributed by atoms with van der Waals surface area (Å²) in [5.41, 5.74) is -0.549. The average Bonchev–Trinajstić information content (AvgIpc) is 3.03. The number of aliphatic hydroxyl groups excluding tert-OH is 1. The minimum atomic E-state index is -1.11. The van der Waals surface area contributed by atoms with Crippen molar-refractivity contribution in [2.45, 2.75) is 30.6 Å². The minimum absolute atomic E-state index is 0.0271. The number of ether oxygens (including phenoxy) is 2. The molecule has 0 radical (unpaired) electrons. The van der Waals surface area contributed by atoms with E-state index >= 15 is 0 Å². The Kier molecular flexibility index (Phi) is 4.46. The summed E-state index contributed by atoms with van der Waals surface area (Å²) in [6.07, 6.45) is -0.0659. The van der Waals surface area contributed by atoms with Gasteiger partial charge in [-0.2, -0.15) is 0 Å². The molecule has 2 saturated heterocycles. The van der Waals surface area contributed by atoms with Gasteiger partial charge in [-0.05, 0) is 0 Å². The number of carbonyl (C=O) groups excluding carboxylic acids is 1. The molecule has 0 aromatic rings. The van der Waals surface area contributed by atoms with Crippen LogP contribution in [-0.2, 0) is 14.3 Å². The van der Waals surface area contributed by atoms with Crippen molar-refractivity contribution in [3.8, 4) is 0 Å². The smallest absolute Gasteiger partial charge is 0.326 e. The number of methoxy groups -OCH3 is 1. The highest BCUT2D eigenvalue weighted by atomic mass is 16.5. The molecule has 0 saturated carbocycles. The summed E-state index contributed by atoms with van der Waals surface area (Å²) in [5, 5.41) is 21.2. The molecule has 2 amide bonds. The average molecular weight is 288 g/mol. The third kappa shape index (κ3) is 3.02. The van der Waals surface area contributed by atoms with Crippen LogP contribution in [0, 0.1) is 0 Å². The first-order chi connectivity index (χ1) is 9.47. The lowest BCUT2D eigenvalue weighted by Crippen LogP contribution is -2.51. The molecular weight excluding hydrogens is 268 g/mol. The number of amides is 2. The zero-order chi connectivity index (χ0) is 14.8. The Labute approximate surface area is 116 Å². The zero-order valence-electron chi connectivity index (χ0n) is 11.4. The van der Waals surface area contributed by atoms with Crippen molar-refractivity contribution < 1.29 is 29.3 Å². The molecule has 0 aromatic carbocycles. The van der Waals surface area contributed by atoms with Gasteiger partial charge in [-0.25, -0.2) is 9.59 Å². The molecule has 3 atom stereocenters. The van der Waals surface area contributed by atoms with Crippen molar-refractivity contribution >= 4 is 12.0 Å². The first kappa shape index (κ1) is 15.0. The van der Waals surface area contributed by atoms with Gasteiger partial charge in [0.05, 0.1) is 19.3 Å². The molecule has 2 unspecified atom stereocenters. The monoisotopic (exact) mass is 288 g/mol. The van der Waals surface area contributed by atoms with Gasteiger partial charge in [0.25, 0.3) is 0 Å². The van der Waals surface area contributed by atoms with Gasteiger partial charge in [0.2, 0.25) is 0 Å². The molecule has 0 aromatic heterocycles. The Morgan fingerprint density at radius 3 is 2.85 bits per heavy atom. The molecule has 2 aliphatic heterocycles. The van der Waals surface area contributed by atoms with E-state index in [1.807, 2.05) is 0 Å². The standard InChI is InChI=1S/C12H20N2O6/c1-19-12(2-3-20-7-12)6-13-11(18)14-5-8(15)4-9(14)10(16)17/h8-9,15H,2-7H2,1H3,(H,13,18)(H,16,17)/t8?,9-,12?/m0/s1. The summed E-state index contributed by atoms with van der Waals surface area (Å²) in [6.45, 7) is 1.25. The molecule has 2 fully saturated rings. The normalized spacial score (nSPS) is 33.4. The van der Waals surface area contributed by atoms with Crippen LogP contribution in [0.3, 0.4) is 0 Å². The van der Waals surface area contributed by atoms with E-state index in [0.29, 0.717) is 19.6 Å². The Hall–Kier alpha value is -1.38. The highest BCUT2D eigenvalue weighted by molar-refractivity contribution is 5.83. The number of carboxylic acids is 1. The Bertz CT molecular complexity index is 382. The van der Waals surface area contributed by atoms with Crippen molar-refractivity contribution in [3.05, 3.63) is 0 Å². The van der Waals surface area contributed by atoms with Crippen LogP contribution >= 0.6 is 0 Å². The van der Waals surface area contributed by atoms with Crippen molar-refractivity contribution in [3.63, 3.8) is 0 Å². The predicted octanol–water partition coefficient (Wildman–Crippen LogP) is -0.979. The van der Waals surface area contributed by atoms with E-state index in [4.69, 9.17) is 14.6 Å². The second-order valence-corrected chi connectivity index (χ2v) is 5.24. The van der Waals surface area contributed by atoms with Crippen molar-refractivity contribution in [2.24, 2.45) is 0 Å². The molecule has 8 nitrogen and oxygen atoms in total. The van der Waals surface area contributed by atoms with Crippen LogP contribution in [0.4, 0.5) is 4.79 Å². The summed E-state index contributed by atoms with van der Waals surface area (Å²) >= 11 is 0. The number of hydrogen-bond donors (Lipinski definition) is 3. The number of nitrogens with zero attached hydrogens (tertiary/aromatic N) is 1. The van der Waals surface area contributed by atoms with E-state index in [9.17, 15) is 14.7 Å². The van der Waals surface area contributed by atoms with Gasteiger partial charge in [-0.15, -0.1) is 0 Å². The van der Waals surface area contributed by atoms with Crippen molar-refractivity contribution in [1.29, 1.82) is 0 Å². The number of carboxylic acid groups (broad SMARTS) is 1. The summed E-state index contributed by atoms with van der Waals surface area (Å²) < 4.78 is 10.6. The second-order valence-electron chi connectivity index (χ2n) is 5.24. The Balaban J connectivity index is 1.92. The van der Waals surface area contributed by atoms with Gasteiger partial charge in [-0.1, -0.05) is 0 Å². The molecule has 2 aliphatic rings. The van der Waals surface area contributed by atoms with E-state index in [2.05, 4.69) is 5.32 Å². The highest BCUT2D eigenvalue weighted by Gasteiger charge is 2.40. The van der Waals surface area contributed by atoms with Gasteiger partial charge < -0.3 is 29.9 Å². The SMILES string of the molecule is COC1(CNC(=O)N2CC(O)C[C@H]2C(=O)O)CCOC1. The predicted molar refractivity (Wildman–Crippen MR) is 67.3 cm³/mol. The van der Waals surface area contributed by atoms with Crippen molar-refractivity contribution in [2.75, 3.05) is 33.4 Å². The van der Waals surface area contributed by atoms with Crippen LogP contribution < -0.4 is 5.32 Å². The first-order valence-electron chi connectivity index (χ1n) is 6.56. The number of nitrogens with one attached hydrogen (secondary N) is 1. The molecule has 20 heavy (non-hydrogen) atoms. The molecule has 0 spiro atoms. The van der Waals surface area contributed by atoms with Crippen molar-refractivity contribution in [1.82, 2.24) is 10.2 Å². The van der Waals surface area contributed by atoms with E-state index < -0.39 is 29.7 Å². The van der Waals surface area contributed by atoms with Gasteiger partial charge in [-0.3, -0.25) is 0 Å². The lowest BCUT2D eigenvalue weighted by molar-refractivity contribution is -0.141. The van der Waals surface area contributed by atoms with E-state index in [1.165, 1.54) is 0 Å². The third-order valence-electron chi connectivity index (χ3n) is 3.89. The number of β-amino-alcohol motifs (C(OH)–C–C–N with tert-alkyl or cyclic N) is 1. The summed E-state index contributed by atoms with van der Waals surface area (Å²) in [4.78, 5) is 24.3. The maximum Gasteiger partial charge on any atom is 0.326 e. The van der Waals surface area contributed by atoms with Crippen LogP contribution in [0.2, 0.25) is 0 Å². The maximum absolute atomic E-state index is 12.1. The molecule has 114 valence electrons.